The second-order valence-corrected chi connectivity index (χ2v) is 5.53. The van der Waals surface area contributed by atoms with Crippen molar-refractivity contribution in [2.75, 3.05) is 11.6 Å². The van der Waals surface area contributed by atoms with Crippen molar-refractivity contribution in [2.45, 2.75) is 17.2 Å². The molecule has 2 aromatic rings. The van der Waals surface area contributed by atoms with Gasteiger partial charge >= 0.3 is 0 Å². The number of benzene rings is 1. The van der Waals surface area contributed by atoms with Crippen LogP contribution >= 0.6 is 11.8 Å². The molecule has 0 spiro atoms. The van der Waals surface area contributed by atoms with E-state index < -0.39 is 0 Å². The van der Waals surface area contributed by atoms with Gasteiger partial charge in [-0.15, -0.1) is 11.8 Å². The fraction of sp³-hybridized carbons (Fsp3) is 0.286. The van der Waals surface area contributed by atoms with E-state index in [-0.39, 0.29) is 11.8 Å². The number of hydrogen-bond acceptors (Lipinski definition) is 3. The molecule has 4 nitrogen and oxygen atoms in total. The molecule has 0 saturated carbocycles. The predicted octanol–water partition coefficient (Wildman–Crippen LogP) is 2.62. The fourth-order valence-corrected chi connectivity index (χ4v) is 2.97. The van der Waals surface area contributed by atoms with Crippen LogP contribution in [0.5, 0.6) is 0 Å². The van der Waals surface area contributed by atoms with Crippen LogP contribution in [0, 0.1) is 0 Å². The van der Waals surface area contributed by atoms with E-state index in [2.05, 4.69) is 34.9 Å². The Hall–Kier alpha value is -1.75. The summed E-state index contributed by atoms with van der Waals surface area (Å²) < 4.78 is 1.72. The number of carbonyl (C=O) groups excluding carboxylic acids is 1. The van der Waals surface area contributed by atoms with Crippen LogP contribution in [0.15, 0.2) is 35.4 Å². The van der Waals surface area contributed by atoms with Gasteiger partial charge in [0.1, 0.15) is 5.82 Å². The van der Waals surface area contributed by atoms with Gasteiger partial charge in [0.25, 0.3) is 0 Å². The van der Waals surface area contributed by atoms with Crippen LogP contribution in [0.4, 0.5) is 5.82 Å². The number of hydrogen-bond donors (Lipinski definition) is 1. The van der Waals surface area contributed by atoms with Crippen LogP contribution in [0.3, 0.4) is 0 Å². The molecule has 1 N–H and O–H groups in total. The number of thioether (sulfide) groups is 1. The second-order valence-electron chi connectivity index (χ2n) is 4.65. The SMILES string of the molecule is CSc1cccc(C2CC(=O)Nc3c2cnn3C)c1. The molecule has 0 saturated heterocycles. The van der Waals surface area contributed by atoms with Crippen molar-refractivity contribution >= 4 is 23.5 Å². The van der Waals surface area contributed by atoms with Crippen LogP contribution in [0.25, 0.3) is 0 Å². The van der Waals surface area contributed by atoms with E-state index in [1.165, 1.54) is 10.5 Å². The van der Waals surface area contributed by atoms with E-state index in [9.17, 15) is 4.79 Å². The lowest BCUT2D eigenvalue weighted by molar-refractivity contribution is -0.116. The molecule has 1 atom stereocenters. The quantitative estimate of drug-likeness (QED) is 0.856. The molecule has 2 heterocycles. The lowest BCUT2D eigenvalue weighted by Crippen LogP contribution is -2.24. The monoisotopic (exact) mass is 273 g/mol. The van der Waals surface area contributed by atoms with Crippen molar-refractivity contribution in [3.05, 3.63) is 41.6 Å². The van der Waals surface area contributed by atoms with Crippen LogP contribution in [0.2, 0.25) is 0 Å². The summed E-state index contributed by atoms with van der Waals surface area (Å²) in [6.45, 7) is 0. The van der Waals surface area contributed by atoms with E-state index in [1.54, 1.807) is 16.4 Å². The molecule has 1 aliphatic rings. The third kappa shape index (κ3) is 2.14. The van der Waals surface area contributed by atoms with Gasteiger partial charge in [-0.25, -0.2) is 0 Å². The largest absolute Gasteiger partial charge is 0.311 e. The molecule has 0 bridgehead atoms. The minimum atomic E-state index is 0.0515. The van der Waals surface area contributed by atoms with Crippen molar-refractivity contribution in [1.82, 2.24) is 9.78 Å². The van der Waals surface area contributed by atoms with Gasteiger partial charge in [-0.3, -0.25) is 9.48 Å². The summed E-state index contributed by atoms with van der Waals surface area (Å²) in [4.78, 5) is 13.1. The summed E-state index contributed by atoms with van der Waals surface area (Å²) in [5.41, 5.74) is 2.27. The van der Waals surface area contributed by atoms with Gasteiger partial charge in [0.2, 0.25) is 5.91 Å². The summed E-state index contributed by atoms with van der Waals surface area (Å²) in [5.74, 6) is 0.969. The van der Waals surface area contributed by atoms with Crippen LogP contribution in [-0.2, 0) is 11.8 Å². The standard InChI is InChI=1S/C14H15N3OS/c1-17-14-12(8-15-17)11(7-13(18)16-14)9-4-3-5-10(6-9)19-2/h3-6,8,11H,7H2,1-2H3,(H,16,18). The van der Waals surface area contributed by atoms with E-state index in [0.717, 1.165) is 11.4 Å². The topological polar surface area (TPSA) is 46.9 Å². The van der Waals surface area contributed by atoms with Gasteiger partial charge < -0.3 is 5.32 Å². The highest BCUT2D eigenvalue weighted by Crippen LogP contribution is 2.37. The number of anilines is 1. The maximum atomic E-state index is 11.9. The Balaban J connectivity index is 2.07. The average Bonchev–Trinajstić information content (AvgIpc) is 2.80. The first kappa shape index (κ1) is 12.3. The predicted molar refractivity (Wildman–Crippen MR) is 76.5 cm³/mol. The van der Waals surface area contributed by atoms with Gasteiger partial charge in [-0.1, -0.05) is 12.1 Å². The Morgan fingerprint density at radius 1 is 1.47 bits per heavy atom. The Morgan fingerprint density at radius 3 is 3.11 bits per heavy atom. The zero-order valence-corrected chi connectivity index (χ0v) is 11.7. The summed E-state index contributed by atoms with van der Waals surface area (Å²) in [5, 5.41) is 7.14. The Morgan fingerprint density at radius 2 is 2.32 bits per heavy atom. The third-order valence-electron chi connectivity index (χ3n) is 3.49. The number of rotatable bonds is 2. The molecule has 5 heteroatoms. The molecular weight excluding hydrogens is 258 g/mol. The molecular formula is C14H15N3OS. The number of nitrogens with one attached hydrogen (secondary N) is 1. The van der Waals surface area contributed by atoms with Crippen molar-refractivity contribution in [3.8, 4) is 0 Å². The number of amides is 1. The fourth-order valence-electron chi connectivity index (χ4n) is 2.50. The number of nitrogens with zero attached hydrogens (tertiary/aromatic N) is 2. The first-order chi connectivity index (χ1) is 9.19. The first-order valence-corrected chi connectivity index (χ1v) is 7.37. The molecule has 1 amide bonds. The first-order valence-electron chi connectivity index (χ1n) is 6.14. The van der Waals surface area contributed by atoms with Crippen LogP contribution in [0.1, 0.15) is 23.5 Å². The molecule has 3 rings (SSSR count). The van der Waals surface area contributed by atoms with E-state index in [1.807, 2.05) is 19.3 Å². The summed E-state index contributed by atoms with van der Waals surface area (Å²) in [6.07, 6.45) is 4.39. The summed E-state index contributed by atoms with van der Waals surface area (Å²) >= 11 is 1.71. The molecule has 0 fully saturated rings. The van der Waals surface area contributed by atoms with Gasteiger partial charge in [-0.2, -0.15) is 5.10 Å². The Bertz CT molecular complexity index is 635. The van der Waals surface area contributed by atoms with Crippen LogP contribution in [-0.4, -0.2) is 21.9 Å². The number of fused-ring (bicyclic) bond motifs is 1. The normalized spacial score (nSPS) is 18.0. The zero-order chi connectivity index (χ0) is 13.4. The van der Waals surface area contributed by atoms with E-state index >= 15 is 0 Å². The Labute approximate surface area is 116 Å². The third-order valence-corrected chi connectivity index (χ3v) is 4.21. The maximum absolute atomic E-state index is 11.9. The molecule has 1 unspecified atom stereocenters. The maximum Gasteiger partial charge on any atom is 0.226 e. The second kappa shape index (κ2) is 4.74. The number of carbonyl (C=O) groups is 1. The van der Waals surface area contributed by atoms with Crippen molar-refractivity contribution in [3.63, 3.8) is 0 Å². The molecule has 0 aliphatic carbocycles. The molecule has 1 aromatic heterocycles. The Kier molecular flexibility index (Phi) is 3.06. The van der Waals surface area contributed by atoms with E-state index in [0.29, 0.717) is 6.42 Å². The highest BCUT2D eigenvalue weighted by Gasteiger charge is 2.29. The average molecular weight is 273 g/mol. The van der Waals surface area contributed by atoms with Crippen molar-refractivity contribution < 1.29 is 4.79 Å². The smallest absolute Gasteiger partial charge is 0.226 e. The molecule has 0 radical (unpaired) electrons. The minimum absolute atomic E-state index is 0.0515. The lowest BCUT2D eigenvalue weighted by Gasteiger charge is -2.23. The van der Waals surface area contributed by atoms with Gasteiger partial charge in [-0.05, 0) is 24.0 Å². The summed E-state index contributed by atoms with van der Waals surface area (Å²) in [7, 11) is 1.85. The van der Waals surface area contributed by atoms with Gasteiger partial charge in [0.05, 0.1) is 6.20 Å². The number of aromatic nitrogens is 2. The lowest BCUT2D eigenvalue weighted by atomic mass is 9.87. The zero-order valence-electron chi connectivity index (χ0n) is 10.9. The highest BCUT2D eigenvalue weighted by molar-refractivity contribution is 7.98. The van der Waals surface area contributed by atoms with Crippen molar-refractivity contribution in [2.24, 2.45) is 7.05 Å². The number of aryl methyl sites for hydroxylation is 1. The van der Waals surface area contributed by atoms with Crippen LogP contribution < -0.4 is 5.32 Å². The van der Waals surface area contributed by atoms with E-state index in [4.69, 9.17) is 0 Å². The van der Waals surface area contributed by atoms with Gasteiger partial charge in [0, 0.05) is 29.8 Å². The minimum Gasteiger partial charge on any atom is -0.311 e. The van der Waals surface area contributed by atoms with Crippen molar-refractivity contribution in [1.29, 1.82) is 0 Å². The highest BCUT2D eigenvalue weighted by atomic mass is 32.2. The summed E-state index contributed by atoms with van der Waals surface area (Å²) in [6, 6.07) is 8.37. The molecule has 1 aliphatic heterocycles. The molecule has 1 aromatic carbocycles. The van der Waals surface area contributed by atoms with Gasteiger partial charge in [0.15, 0.2) is 0 Å². The molecule has 98 valence electrons. The molecule has 19 heavy (non-hydrogen) atoms.